The SMILES string of the molecule is COc1ccc(CC2c3ccc(N4CCCC4)cc3CCN2CC(=O)NCc2ccccc2)cc1OC. The molecule has 1 atom stereocenters. The molecule has 1 unspecified atom stereocenters. The minimum atomic E-state index is 0.0540. The van der Waals surface area contributed by atoms with E-state index in [0.717, 1.165) is 55.1 Å². The van der Waals surface area contributed by atoms with Crippen molar-refractivity contribution in [3.63, 3.8) is 0 Å². The fourth-order valence-corrected chi connectivity index (χ4v) is 5.62. The zero-order valence-electron chi connectivity index (χ0n) is 21.9. The van der Waals surface area contributed by atoms with Gasteiger partial charge in [-0.2, -0.15) is 0 Å². The predicted octanol–water partition coefficient (Wildman–Crippen LogP) is 4.76. The van der Waals surface area contributed by atoms with Gasteiger partial charge in [-0.25, -0.2) is 0 Å². The van der Waals surface area contributed by atoms with Crippen LogP contribution in [0.3, 0.4) is 0 Å². The number of fused-ring (bicyclic) bond motifs is 1. The average molecular weight is 500 g/mol. The lowest BCUT2D eigenvalue weighted by Crippen LogP contribution is -2.43. The lowest BCUT2D eigenvalue weighted by molar-refractivity contribution is -0.123. The first-order chi connectivity index (χ1) is 18.1. The van der Waals surface area contributed by atoms with Gasteiger partial charge in [0.1, 0.15) is 0 Å². The van der Waals surface area contributed by atoms with Gasteiger partial charge >= 0.3 is 0 Å². The summed E-state index contributed by atoms with van der Waals surface area (Å²) in [6.45, 7) is 4.05. The van der Waals surface area contributed by atoms with Crippen LogP contribution in [0.4, 0.5) is 5.69 Å². The second-order valence-corrected chi connectivity index (χ2v) is 9.97. The van der Waals surface area contributed by atoms with E-state index in [1.54, 1.807) is 14.2 Å². The summed E-state index contributed by atoms with van der Waals surface area (Å²) < 4.78 is 11.0. The minimum Gasteiger partial charge on any atom is -0.493 e. The highest BCUT2D eigenvalue weighted by atomic mass is 16.5. The second-order valence-electron chi connectivity index (χ2n) is 9.97. The van der Waals surface area contributed by atoms with Crippen molar-refractivity contribution in [3.8, 4) is 11.5 Å². The first kappa shape index (κ1) is 25.2. The largest absolute Gasteiger partial charge is 0.493 e. The van der Waals surface area contributed by atoms with Gasteiger partial charge in [0.05, 0.1) is 20.8 Å². The molecule has 6 nitrogen and oxygen atoms in total. The van der Waals surface area contributed by atoms with Gasteiger partial charge in [-0.05, 0) is 72.2 Å². The number of carbonyl (C=O) groups is 1. The zero-order chi connectivity index (χ0) is 25.6. The van der Waals surface area contributed by atoms with E-state index in [9.17, 15) is 4.79 Å². The molecule has 37 heavy (non-hydrogen) atoms. The second kappa shape index (κ2) is 11.7. The molecule has 2 aliphatic rings. The molecule has 1 fully saturated rings. The normalized spacial score (nSPS) is 17.4. The van der Waals surface area contributed by atoms with Crippen molar-refractivity contribution in [1.82, 2.24) is 10.2 Å². The quantitative estimate of drug-likeness (QED) is 0.460. The van der Waals surface area contributed by atoms with Gasteiger partial charge in [0, 0.05) is 37.9 Å². The van der Waals surface area contributed by atoms with E-state index in [2.05, 4.69) is 45.4 Å². The Morgan fingerprint density at radius 2 is 1.68 bits per heavy atom. The van der Waals surface area contributed by atoms with Gasteiger partial charge in [0.25, 0.3) is 0 Å². The Hall–Kier alpha value is -3.51. The fraction of sp³-hybridized carbons (Fsp3) is 0.387. The van der Waals surface area contributed by atoms with Crippen LogP contribution >= 0.6 is 0 Å². The van der Waals surface area contributed by atoms with Gasteiger partial charge < -0.3 is 19.7 Å². The molecular formula is C31H37N3O3. The van der Waals surface area contributed by atoms with E-state index >= 15 is 0 Å². The van der Waals surface area contributed by atoms with Gasteiger partial charge in [-0.3, -0.25) is 9.69 Å². The fourth-order valence-electron chi connectivity index (χ4n) is 5.62. The molecule has 1 saturated heterocycles. The standard InChI is InChI=1S/C31H37N3O3/c1-36-29-13-10-24(19-30(29)37-2)18-28-27-12-11-26(33-15-6-7-16-33)20-25(27)14-17-34(28)22-31(35)32-21-23-8-4-3-5-9-23/h3-5,8-13,19-20,28H,6-7,14-18,21-22H2,1-2H3,(H,32,35). The highest BCUT2D eigenvalue weighted by molar-refractivity contribution is 5.78. The third kappa shape index (κ3) is 5.91. The molecule has 0 bridgehead atoms. The van der Waals surface area contributed by atoms with E-state index in [0.29, 0.717) is 13.1 Å². The number of anilines is 1. The molecule has 2 heterocycles. The third-order valence-corrected chi connectivity index (χ3v) is 7.62. The third-order valence-electron chi connectivity index (χ3n) is 7.62. The summed E-state index contributed by atoms with van der Waals surface area (Å²) >= 11 is 0. The van der Waals surface area contributed by atoms with Gasteiger partial charge in [-0.15, -0.1) is 0 Å². The molecule has 194 valence electrons. The number of methoxy groups -OCH3 is 2. The number of nitrogens with zero attached hydrogens (tertiary/aromatic N) is 2. The molecule has 1 amide bonds. The smallest absolute Gasteiger partial charge is 0.234 e. The summed E-state index contributed by atoms with van der Waals surface area (Å²) in [5.74, 6) is 1.51. The Labute approximate surface area is 220 Å². The number of nitrogens with one attached hydrogen (secondary N) is 1. The Bertz CT molecular complexity index is 1210. The van der Waals surface area contributed by atoms with E-state index < -0.39 is 0 Å². The summed E-state index contributed by atoms with van der Waals surface area (Å²) in [4.78, 5) is 17.8. The van der Waals surface area contributed by atoms with E-state index in [1.165, 1.54) is 29.7 Å². The summed E-state index contributed by atoms with van der Waals surface area (Å²) in [5.41, 5.74) is 6.32. The number of hydrogen-bond acceptors (Lipinski definition) is 5. The molecule has 0 saturated carbocycles. The van der Waals surface area contributed by atoms with Gasteiger partial charge in [-0.1, -0.05) is 42.5 Å². The maximum absolute atomic E-state index is 13.0. The lowest BCUT2D eigenvalue weighted by Gasteiger charge is -2.38. The highest BCUT2D eigenvalue weighted by Gasteiger charge is 2.30. The molecule has 2 aliphatic heterocycles. The van der Waals surface area contributed by atoms with Crippen LogP contribution in [-0.2, 0) is 24.2 Å². The van der Waals surface area contributed by atoms with Crippen molar-refractivity contribution in [2.45, 2.75) is 38.3 Å². The highest BCUT2D eigenvalue weighted by Crippen LogP contribution is 2.37. The lowest BCUT2D eigenvalue weighted by atomic mass is 9.88. The van der Waals surface area contributed by atoms with Gasteiger partial charge in [0.15, 0.2) is 11.5 Å². The molecule has 5 rings (SSSR count). The molecule has 0 radical (unpaired) electrons. The summed E-state index contributed by atoms with van der Waals surface area (Å²) in [5, 5.41) is 3.11. The van der Waals surface area contributed by atoms with E-state index in [-0.39, 0.29) is 11.9 Å². The Balaban J connectivity index is 1.38. The number of rotatable bonds is 9. The van der Waals surface area contributed by atoms with Crippen LogP contribution in [0.15, 0.2) is 66.7 Å². The Morgan fingerprint density at radius 1 is 0.892 bits per heavy atom. The molecule has 3 aromatic rings. The van der Waals surface area contributed by atoms with Crippen LogP contribution in [0.1, 0.15) is 41.1 Å². The zero-order valence-corrected chi connectivity index (χ0v) is 21.9. The summed E-state index contributed by atoms with van der Waals surface area (Å²) in [7, 11) is 3.32. The topological polar surface area (TPSA) is 54.0 Å². The van der Waals surface area contributed by atoms with Crippen molar-refractivity contribution in [3.05, 3.63) is 89.0 Å². The molecule has 0 spiro atoms. The first-order valence-electron chi connectivity index (χ1n) is 13.3. The summed E-state index contributed by atoms with van der Waals surface area (Å²) in [6, 6.07) is 23.2. The van der Waals surface area contributed by atoms with Crippen molar-refractivity contribution in [1.29, 1.82) is 0 Å². The number of hydrogen-bond donors (Lipinski definition) is 1. The van der Waals surface area contributed by atoms with Crippen molar-refractivity contribution >= 4 is 11.6 Å². The molecular weight excluding hydrogens is 462 g/mol. The Morgan fingerprint density at radius 3 is 2.43 bits per heavy atom. The minimum absolute atomic E-state index is 0.0540. The maximum atomic E-state index is 13.0. The number of ether oxygens (including phenoxy) is 2. The predicted molar refractivity (Wildman–Crippen MR) is 147 cm³/mol. The van der Waals surface area contributed by atoms with Crippen molar-refractivity contribution in [2.75, 3.05) is 45.3 Å². The first-order valence-corrected chi connectivity index (χ1v) is 13.3. The molecule has 1 N–H and O–H groups in total. The molecule has 6 heteroatoms. The Kier molecular flexibility index (Phi) is 7.95. The van der Waals surface area contributed by atoms with Crippen LogP contribution in [0.5, 0.6) is 11.5 Å². The molecule has 0 aliphatic carbocycles. The van der Waals surface area contributed by atoms with E-state index in [1.807, 2.05) is 36.4 Å². The van der Waals surface area contributed by atoms with Crippen molar-refractivity contribution in [2.24, 2.45) is 0 Å². The maximum Gasteiger partial charge on any atom is 0.234 e. The van der Waals surface area contributed by atoms with Crippen LogP contribution in [-0.4, -0.2) is 51.2 Å². The monoisotopic (exact) mass is 499 g/mol. The van der Waals surface area contributed by atoms with Crippen LogP contribution in [0.25, 0.3) is 0 Å². The molecule has 3 aromatic carbocycles. The van der Waals surface area contributed by atoms with Gasteiger partial charge in [0.2, 0.25) is 5.91 Å². The van der Waals surface area contributed by atoms with E-state index in [4.69, 9.17) is 9.47 Å². The summed E-state index contributed by atoms with van der Waals surface area (Å²) in [6.07, 6.45) is 4.28. The van der Waals surface area contributed by atoms with Crippen LogP contribution < -0.4 is 19.7 Å². The number of carbonyl (C=O) groups excluding carboxylic acids is 1. The van der Waals surface area contributed by atoms with Crippen molar-refractivity contribution < 1.29 is 14.3 Å². The average Bonchev–Trinajstić information content (AvgIpc) is 3.48. The molecule has 0 aromatic heterocycles. The van der Waals surface area contributed by atoms with Crippen LogP contribution in [0, 0.1) is 0 Å². The number of amides is 1. The number of benzene rings is 3. The van der Waals surface area contributed by atoms with Crippen LogP contribution in [0.2, 0.25) is 0 Å².